The number of nitrogens with one attached hydrogen (secondary N) is 1. The molecule has 0 atom stereocenters. The fourth-order valence-corrected chi connectivity index (χ4v) is 2.57. The number of nitrogens with two attached hydrogens (primary N) is 1. The van der Waals surface area contributed by atoms with E-state index in [0.717, 1.165) is 11.3 Å². The van der Waals surface area contributed by atoms with E-state index in [9.17, 15) is 9.59 Å². The van der Waals surface area contributed by atoms with Crippen LogP contribution in [0.15, 0.2) is 34.9 Å². The van der Waals surface area contributed by atoms with Gasteiger partial charge in [0.05, 0.1) is 19.2 Å². The van der Waals surface area contributed by atoms with Crippen molar-refractivity contribution < 1.29 is 14.0 Å². The normalized spacial score (nSPS) is 13.4. The van der Waals surface area contributed by atoms with Crippen LogP contribution in [0.25, 0.3) is 0 Å². The zero-order chi connectivity index (χ0) is 15.0. The molecule has 0 saturated heterocycles. The largest absolute Gasteiger partial charge is 0.459 e. The molecular weight excluding hydrogens is 294 g/mol. The number of nitrogen functional groups attached to an aromatic ring is 1. The SMILES string of the molecule is NNC(=O)c1occc1CN1C(=O)Cc2ccc(Cl)cc21. The molecule has 0 aliphatic carbocycles. The van der Waals surface area contributed by atoms with Crippen LogP contribution >= 0.6 is 11.6 Å². The smallest absolute Gasteiger partial charge is 0.301 e. The average Bonchev–Trinajstić information content (AvgIpc) is 3.04. The van der Waals surface area contributed by atoms with Crippen molar-refractivity contribution in [3.8, 4) is 0 Å². The Labute approximate surface area is 125 Å². The number of amides is 2. The molecule has 1 aliphatic heterocycles. The van der Waals surface area contributed by atoms with Crippen molar-refractivity contribution in [2.45, 2.75) is 13.0 Å². The molecule has 1 aromatic carbocycles. The van der Waals surface area contributed by atoms with Crippen molar-refractivity contribution in [3.63, 3.8) is 0 Å². The highest BCUT2D eigenvalue weighted by atomic mass is 35.5. The van der Waals surface area contributed by atoms with Gasteiger partial charge in [-0.3, -0.25) is 15.0 Å². The third kappa shape index (κ3) is 2.39. The second-order valence-corrected chi connectivity index (χ2v) is 5.11. The minimum atomic E-state index is -0.534. The summed E-state index contributed by atoms with van der Waals surface area (Å²) in [7, 11) is 0. The molecule has 2 aromatic rings. The number of rotatable bonds is 3. The molecule has 7 heteroatoms. The third-order valence-electron chi connectivity index (χ3n) is 3.39. The second-order valence-electron chi connectivity index (χ2n) is 4.68. The number of anilines is 1. The van der Waals surface area contributed by atoms with Gasteiger partial charge in [0.1, 0.15) is 0 Å². The number of hydrogen-bond acceptors (Lipinski definition) is 4. The summed E-state index contributed by atoms with van der Waals surface area (Å²) in [6.07, 6.45) is 1.71. The molecule has 0 spiro atoms. The lowest BCUT2D eigenvalue weighted by Crippen LogP contribution is -2.32. The topological polar surface area (TPSA) is 88.6 Å². The minimum absolute atomic E-state index is 0.0485. The Balaban J connectivity index is 1.93. The van der Waals surface area contributed by atoms with E-state index < -0.39 is 5.91 Å². The van der Waals surface area contributed by atoms with E-state index >= 15 is 0 Å². The first kappa shape index (κ1) is 13.7. The predicted octanol–water partition coefficient (Wildman–Crippen LogP) is 1.63. The van der Waals surface area contributed by atoms with Crippen molar-refractivity contribution in [2.75, 3.05) is 4.90 Å². The second kappa shape index (κ2) is 5.23. The quantitative estimate of drug-likeness (QED) is 0.512. The molecule has 2 heterocycles. The van der Waals surface area contributed by atoms with Gasteiger partial charge in [-0.2, -0.15) is 0 Å². The number of carbonyl (C=O) groups is 2. The molecule has 6 nitrogen and oxygen atoms in total. The van der Waals surface area contributed by atoms with Gasteiger partial charge in [0.2, 0.25) is 5.91 Å². The molecule has 0 radical (unpaired) electrons. The van der Waals surface area contributed by atoms with Gasteiger partial charge in [-0.25, -0.2) is 5.84 Å². The van der Waals surface area contributed by atoms with Crippen LogP contribution in [0.3, 0.4) is 0 Å². The van der Waals surface area contributed by atoms with E-state index in [1.54, 1.807) is 23.1 Å². The number of nitrogens with zero attached hydrogens (tertiary/aromatic N) is 1. The van der Waals surface area contributed by atoms with E-state index in [2.05, 4.69) is 0 Å². The fourth-order valence-electron chi connectivity index (χ4n) is 2.40. The molecule has 0 saturated carbocycles. The number of benzene rings is 1. The monoisotopic (exact) mass is 305 g/mol. The van der Waals surface area contributed by atoms with Crippen LogP contribution in [0.5, 0.6) is 0 Å². The Morgan fingerprint density at radius 2 is 2.24 bits per heavy atom. The first-order valence-corrected chi connectivity index (χ1v) is 6.64. The molecule has 3 rings (SSSR count). The number of hydrazine groups is 1. The van der Waals surface area contributed by atoms with Crippen molar-refractivity contribution in [1.82, 2.24) is 5.43 Å². The van der Waals surface area contributed by atoms with Crippen LogP contribution in [-0.2, 0) is 17.8 Å². The maximum Gasteiger partial charge on any atom is 0.301 e. The van der Waals surface area contributed by atoms with Crippen LogP contribution in [-0.4, -0.2) is 11.8 Å². The van der Waals surface area contributed by atoms with Crippen LogP contribution in [0.1, 0.15) is 21.7 Å². The molecular formula is C14H12ClN3O3. The van der Waals surface area contributed by atoms with Crippen molar-refractivity contribution in [2.24, 2.45) is 5.84 Å². The minimum Gasteiger partial charge on any atom is -0.459 e. The zero-order valence-electron chi connectivity index (χ0n) is 10.9. The van der Waals surface area contributed by atoms with Gasteiger partial charge in [0, 0.05) is 16.3 Å². The summed E-state index contributed by atoms with van der Waals surface area (Å²) in [5.41, 5.74) is 4.27. The Morgan fingerprint density at radius 1 is 1.43 bits per heavy atom. The predicted molar refractivity (Wildman–Crippen MR) is 76.7 cm³/mol. The van der Waals surface area contributed by atoms with Gasteiger partial charge >= 0.3 is 5.91 Å². The third-order valence-corrected chi connectivity index (χ3v) is 3.63. The number of halogens is 1. The number of carbonyl (C=O) groups excluding carboxylic acids is 2. The highest BCUT2D eigenvalue weighted by molar-refractivity contribution is 6.31. The lowest BCUT2D eigenvalue weighted by molar-refractivity contribution is -0.117. The summed E-state index contributed by atoms with van der Waals surface area (Å²) in [6.45, 7) is 0.228. The molecule has 2 amide bonds. The van der Waals surface area contributed by atoms with Gasteiger partial charge in [0.15, 0.2) is 5.76 Å². The molecule has 3 N–H and O–H groups in total. The average molecular weight is 306 g/mol. The van der Waals surface area contributed by atoms with E-state index in [1.807, 2.05) is 11.5 Å². The van der Waals surface area contributed by atoms with Gasteiger partial charge in [-0.1, -0.05) is 17.7 Å². The highest BCUT2D eigenvalue weighted by Crippen LogP contribution is 2.33. The van der Waals surface area contributed by atoms with Crippen LogP contribution < -0.4 is 16.2 Å². The summed E-state index contributed by atoms with van der Waals surface area (Å²) in [4.78, 5) is 25.3. The van der Waals surface area contributed by atoms with Gasteiger partial charge in [0.25, 0.3) is 0 Å². The molecule has 0 unspecified atom stereocenters. The van der Waals surface area contributed by atoms with Crippen LogP contribution in [0.4, 0.5) is 5.69 Å². The highest BCUT2D eigenvalue weighted by Gasteiger charge is 2.29. The van der Waals surface area contributed by atoms with Gasteiger partial charge in [-0.15, -0.1) is 0 Å². The maximum atomic E-state index is 12.1. The first-order chi connectivity index (χ1) is 10.1. The number of furan rings is 1. The Hall–Kier alpha value is -2.31. The van der Waals surface area contributed by atoms with Crippen LogP contribution in [0.2, 0.25) is 5.02 Å². The molecule has 0 fully saturated rings. The standard InChI is InChI=1S/C14H12ClN3O3/c15-10-2-1-8-5-12(19)18(11(8)6-10)7-9-3-4-21-13(9)14(20)17-16/h1-4,6H,5,7,16H2,(H,17,20). The number of hydrogen-bond donors (Lipinski definition) is 2. The van der Waals surface area contributed by atoms with E-state index in [0.29, 0.717) is 17.0 Å². The number of fused-ring (bicyclic) bond motifs is 1. The summed E-state index contributed by atoms with van der Waals surface area (Å²) in [6, 6.07) is 6.96. The van der Waals surface area contributed by atoms with E-state index in [-0.39, 0.29) is 18.2 Å². The Kier molecular flexibility index (Phi) is 3.40. The summed E-state index contributed by atoms with van der Waals surface area (Å²) in [5, 5.41) is 0.556. The lowest BCUT2D eigenvalue weighted by atomic mass is 10.1. The van der Waals surface area contributed by atoms with Gasteiger partial charge in [-0.05, 0) is 23.8 Å². The molecule has 1 aromatic heterocycles. The van der Waals surface area contributed by atoms with Gasteiger partial charge < -0.3 is 9.32 Å². The molecule has 0 bridgehead atoms. The first-order valence-electron chi connectivity index (χ1n) is 6.26. The summed E-state index contributed by atoms with van der Waals surface area (Å²) < 4.78 is 5.12. The van der Waals surface area contributed by atoms with Crippen molar-refractivity contribution in [1.29, 1.82) is 0 Å². The maximum absolute atomic E-state index is 12.1. The Morgan fingerprint density at radius 3 is 3.00 bits per heavy atom. The summed E-state index contributed by atoms with van der Waals surface area (Å²) >= 11 is 5.99. The summed E-state index contributed by atoms with van der Waals surface area (Å²) in [5.74, 6) is 4.62. The van der Waals surface area contributed by atoms with E-state index in [4.69, 9.17) is 21.9 Å². The lowest BCUT2D eigenvalue weighted by Gasteiger charge is -2.17. The fraction of sp³-hybridized carbons (Fsp3) is 0.143. The van der Waals surface area contributed by atoms with Crippen molar-refractivity contribution in [3.05, 3.63) is 52.4 Å². The zero-order valence-corrected chi connectivity index (χ0v) is 11.7. The molecule has 108 valence electrons. The van der Waals surface area contributed by atoms with Crippen LogP contribution in [0, 0.1) is 0 Å². The molecule has 21 heavy (non-hydrogen) atoms. The Bertz CT molecular complexity index is 726. The molecule has 1 aliphatic rings. The van der Waals surface area contributed by atoms with E-state index in [1.165, 1.54) is 6.26 Å². The van der Waals surface area contributed by atoms with Crippen molar-refractivity contribution >= 4 is 29.1 Å².